The number of benzene rings is 1. The molecule has 0 bridgehead atoms. The smallest absolute Gasteiger partial charge is 0.224 e. The Morgan fingerprint density at radius 2 is 1.90 bits per heavy atom. The van der Waals surface area contributed by atoms with Crippen LogP contribution in [0.5, 0.6) is 5.75 Å². The van der Waals surface area contributed by atoms with Crippen LogP contribution < -0.4 is 10.1 Å². The molecule has 1 aromatic rings. The summed E-state index contributed by atoms with van der Waals surface area (Å²) >= 11 is 0. The fourth-order valence-corrected chi connectivity index (χ4v) is 4.52. The monoisotopic (exact) mass is 403 g/mol. The molecule has 2 saturated heterocycles. The lowest BCUT2D eigenvalue weighted by atomic mass is 9.87. The second-order valence-electron chi connectivity index (χ2n) is 8.89. The minimum Gasteiger partial charge on any atom is -0.497 e. The van der Waals surface area contributed by atoms with Crippen molar-refractivity contribution < 1.29 is 14.3 Å². The first kappa shape index (κ1) is 22.1. The number of carbonyl (C=O) groups is 1. The van der Waals surface area contributed by atoms with Gasteiger partial charge in [0.25, 0.3) is 0 Å². The Kier molecular flexibility index (Phi) is 8.33. The molecule has 2 fully saturated rings. The number of nitrogens with one attached hydrogen (secondary N) is 1. The topological polar surface area (TPSA) is 54.0 Å². The molecular formula is C23H37N3O3. The van der Waals surface area contributed by atoms with Crippen molar-refractivity contribution in [1.82, 2.24) is 15.1 Å². The van der Waals surface area contributed by atoms with Crippen LogP contribution in [0.4, 0.5) is 0 Å². The maximum atomic E-state index is 13.0. The zero-order chi connectivity index (χ0) is 20.6. The van der Waals surface area contributed by atoms with E-state index in [1.165, 1.54) is 0 Å². The molecule has 0 aromatic heterocycles. The van der Waals surface area contributed by atoms with Crippen LogP contribution in [0.25, 0.3) is 0 Å². The second kappa shape index (κ2) is 11.0. The van der Waals surface area contributed by atoms with Crippen LogP contribution in [0.1, 0.15) is 25.8 Å². The van der Waals surface area contributed by atoms with Gasteiger partial charge < -0.3 is 19.7 Å². The van der Waals surface area contributed by atoms with Gasteiger partial charge in [-0.25, -0.2) is 0 Å². The maximum absolute atomic E-state index is 13.0. The SMILES string of the molecule is COc1ccc(CNC(=O)[C@@H]2C[C@H](CN3CCOCC3)CN(CC(C)C)C2)cc1. The molecule has 0 radical (unpaired) electrons. The summed E-state index contributed by atoms with van der Waals surface area (Å²) in [5, 5.41) is 3.16. The van der Waals surface area contributed by atoms with Crippen molar-refractivity contribution in [2.24, 2.45) is 17.8 Å². The van der Waals surface area contributed by atoms with Crippen LogP contribution in [-0.4, -0.2) is 75.3 Å². The van der Waals surface area contributed by atoms with Crippen molar-refractivity contribution in [1.29, 1.82) is 0 Å². The van der Waals surface area contributed by atoms with Crippen LogP contribution in [0.15, 0.2) is 24.3 Å². The molecule has 0 aliphatic carbocycles. The third kappa shape index (κ3) is 6.98. The Morgan fingerprint density at radius 1 is 1.17 bits per heavy atom. The molecule has 1 amide bonds. The van der Waals surface area contributed by atoms with E-state index in [2.05, 4.69) is 29.0 Å². The summed E-state index contributed by atoms with van der Waals surface area (Å²) in [6, 6.07) is 7.88. The number of morpholine rings is 1. The van der Waals surface area contributed by atoms with Gasteiger partial charge >= 0.3 is 0 Å². The van der Waals surface area contributed by atoms with E-state index < -0.39 is 0 Å². The van der Waals surface area contributed by atoms with E-state index in [4.69, 9.17) is 9.47 Å². The molecule has 1 N–H and O–H groups in total. The Morgan fingerprint density at radius 3 is 2.55 bits per heavy atom. The molecule has 29 heavy (non-hydrogen) atoms. The number of methoxy groups -OCH3 is 1. The summed E-state index contributed by atoms with van der Waals surface area (Å²) in [6.45, 7) is 12.8. The predicted molar refractivity (Wildman–Crippen MR) is 115 cm³/mol. The lowest BCUT2D eigenvalue weighted by Gasteiger charge is -2.40. The zero-order valence-corrected chi connectivity index (χ0v) is 18.2. The summed E-state index contributed by atoms with van der Waals surface area (Å²) in [5.74, 6) is 2.23. The normalized spacial score (nSPS) is 23.9. The highest BCUT2D eigenvalue weighted by molar-refractivity contribution is 5.79. The van der Waals surface area contributed by atoms with Crippen LogP contribution in [-0.2, 0) is 16.1 Å². The third-order valence-corrected chi connectivity index (χ3v) is 5.85. The Labute approximate surface area is 175 Å². The molecule has 0 spiro atoms. The summed E-state index contributed by atoms with van der Waals surface area (Å²) in [7, 11) is 1.66. The molecule has 6 heteroatoms. The van der Waals surface area contributed by atoms with Gasteiger partial charge in [-0.2, -0.15) is 0 Å². The minimum atomic E-state index is 0.0618. The van der Waals surface area contributed by atoms with E-state index in [-0.39, 0.29) is 11.8 Å². The standard InChI is InChI=1S/C23H37N3O3/c1-18(2)14-26-16-20(15-25-8-10-29-11-9-25)12-21(17-26)23(27)24-13-19-4-6-22(28-3)7-5-19/h4-7,18,20-21H,8-17H2,1-3H3,(H,24,27)/t20-,21-/m1/s1. The number of hydrogen-bond acceptors (Lipinski definition) is 5. The second-order valence-corrected chi connectivity index (χ2v) is 8.89. The average Bonchev–Trinajstić information content (AvgIpc) is 2.72. The molecule has 2 aliphatic rings. The van der Waals surface area contributed by atoms with E-state index >= 15 is 0 Å². The first-order valence-corrected chi connectivity index (χ1v) is 11.0. The molecule has 0 unspecified atom stereocenters. The van der Waals surface area contributed by atoms with Crippen molar-refractivity contribution in [3.8, 4) is 5.75 Å². The minimum absolute atomic E-state index is 0.0618. The summed E-state index contributed by atoms with van der Waals surface area (Å²) in [4.78, 5) is 18.0. The summed E-state index contributed by atoms with van der Waals surface area (Å²) < 4.78 is 10.7. The van der Waals surface area contributed by atoms with Gasteiger partial charge in [0.05, 0.1) is 26.2 Å². The van der Waals surface area contributed by atoms with Gasteiger partial charge in [0, 0.05) is 45.8 Å². The van der Waals surface area contributed by atoms with E-state index in [0.717, 1.165) is 70.2 Å². The summed E-state index contributed by atoms with van der Waals surface area (Å²) in [6.07, 6.45) is 0.973. The fraction of sp³-hybridized carbons (Fsp3) is 0.696. The number of nitrogens with zero attached hydrogens (tertiary/aromatic N) is 2. The van der Waals surface area contributed by atoms with Crippen LogP contribution in [0, 0.1) is 17.8 Å². The van der Waals surface area contributed by atoms with E-state index in [1.807, 2.05) is 24.3 Å². The summed E-state index contributed by atoms with van der Waals surface area (Å²) in [5.41, 5.74) is 1.10. The number of hydrogen-bond donors (Lipinski definition) is 1. The van der Waals surface area contributed by atoms with Gasteiger partial charge in [-0.05, 0) is 36.0 Å². The van der Waals surface area contributed by atoms with E-state index in [1.54, 1.807) is 7.11 Å². The number of likely N-dealkylation sites (tertiary alicyclic amines) is 1. The number of carbonyl (C=O) groups excluding carboxylic acids is 1. The van der Waals surface area contributed by atoms with Crippen LogP contribution in [0.3, 0.4) is 0 Å². The van der Waals surface area contributed by atoms with Gasteiger partial charge in [0.1, 0.15) is 5.75 Å². The van der Waals surface area contributed by atoms with Crippen LogP contribution in [0.2, 0.25) is 0 Å². The third-order valence-electron chi connectivity index (χ3n) is 5.85. The van der Waals surface area contributed by atoms with Gasteiger partial charge in [-0.1, -0.05) is 26.0 Å². The predicted octanol–water partition coefficient (Wildman–Crippen LogP) is 2.24. The van der Waals surface area contributed by atoms with Crippen molar-refractivity contribution in [2.45, 2.75) is 26.8 Å². The van der Waals surface area contributed by atoms with Gasteiger partial charge in [-0.3, -0.25) is 9.69 Å². The van der Waals surface area contributed by atoms with E-state index in [0.29, 0.717) is 18.4 Å². The Bertz CT molecular complexity index is 629. The number of amides is 1. The number of piperidine rings is 1. The zero-order valence-electron chi connectivity index (χ0n) is 18.2. The molecule has 162 valence electrons. The quantitative estimate of drug-likeness (QED) is 0.721. The lowest BCUT2D eigenvalue weighted by molar-refractivity contribution is -0.128. The van der Waals surface area contributed by atoms with Gasteiger partial charge in [-0.15, -0.1) is 0 Å². The molecule has 2 atom stereocenters. The largest absolute Gasteiger partial charge is 0.497 e. The fourth-order valence-electron chi connectivity index (χ4n) is 4.52. The lowest BCUT2D eigenvalue weighted by Crippen LogP contribution is -2.50. The highest BCUT2D eigenvalue weighted by Crippen LogP contribution is 2.24. The number of rotatable bonds is 8. The van der Waals surface area contributed by atoms with Crippen LogP contribution >= 0.6 is 0 Å². The highest BCUT2D eigenvalue weighted by Gasteiger charge is 2.32. The number of ether oxygens (including phenoxy) is 2. The molecule has 0 saturated carbocycles. The van der Waals surface area contributed by atoms with Crippen molar-refractivity contribution in [3.63, 3.8) is 0 Å². The first-order valence-electron chi connectivity index (χ1n) is 11.0. The first-order chi connectivity index (χ1) is 14.0. The molecule has 2 aliphatic heterocycles. The van der Waals surface area contributed by atoms with Crippen molar-refractivity contribution in [2.75, 3.05) is 59.6 Å². The molecule has 6 nitrogen and oxygen atoms in total. The van der Waals surface area contributed by atoms with Crippen molar-refractivity contribution >= 4 is 5.91 Å². The van der Waals surface area contributed by atoms with Crippen molar-refractivity contribution in [3.05, 3.63) is 29.8 Å². The average molecular weight is 404 g/mol. The van der Waals surface area contributed by atoms with Gasteiger partial charge in [0.2, 0.25) is 5.91 Å². The molecule has 2 heterocycles. The maximum Gasteiger partial charge on any atom is 0.224 e. The molecule has 3 rings (SSSR count). The molecular weight excluding hydrogens is 366 g/mol. The van der Waals surface area contributed by atoms with Gasteiger partial charge in [0.15, 0.2) is 0 Å². The Hall–Kier alpha value is -1.63. The Balaban J connectivity index is 1.56. The molecule has 1 aromatic carbocycles. The highest BCUT2D eigenvalue weighted by atomic mass is 16.5. The van der Waals surface area contributed by atoms with E-state index in [9.17, 15) is 4.79 Å².